The van der Waals surface area contributed by atoms with Gasteiger partial charge in [0, 0.05) is 6.42 Å². The molecule has 0 aliphatic heterocycles. The van der Waals surface area contributed by atoms with Crippen LogP contribution >= 0.6 is 0 Å². The molecular formula is C15H18O4. The van der Waals surface area contributed by atoms with Crippen LogP contribution in [-0.4, -0.2) is 23.7 Å². The number of carbonyl (C=O) groups is 2. The van der Waals surface area contributed by atoms with Crippen LogP contribution in [0.15, 0.2) is 30.3 Å². The van der Waals surface area contributed by atoms with Crippen LogP contribution in [0, 0.1) is 0 Å². The number of aryl methyl sites for hydroxylation is 1. The van der Waals surface area contributed by atoms with E-state index in [1.54, 1.807) is 13.0 Å². The first-order valence-electron chi connectivity index (χ1n) is 6.25. The van der Waals surface area contributed by atoms with Crippen molar-refractivity contribution in [2.75, 3.05) is 6.61 Å². The summed E-state index contributed by atoms with van der Waals surface area (Å²) in [5.41, 5.74) is 1.90. The van der Waals surface area contributed by atoms with Gasteiger partial charge in [0.2, 0.25) is 0 Å². The van der Waals surface area contributed by atoms with Crippen molar-refractivity contribution >= 4 is 18.0 Å². The van der Waals surface area contributed by atoms with E-state index in [0.29, 0.717) is 13.0 Å². The molecule has 0 heterocycles. The standard InChI is InChI=1S/C15H18O4/c1-2-19-15(18)9-5-8-12-6-3-4-7-13(12)10-11-14(16)17/h3-8H,2,9-11H2,1H3,(H,16,17). The highest BCUT2D eigenvalue weighted by Crippen LogP contribution is 2.13. The maximum absolute atomic E-state index is 11.2. The maximum Gasteiger partial charge on any atom is 0.309 e. The van der Waals surface area contributed by atoms with Crippen molar-refractivity contribution in [1.82, 2.24) is 0 Å². The molecule has 0 saturated heterocycles. The van der Waals surface area contributed by atoms with Crippen LogP contribution in [0.4, 0.5) is 0 Å². The van der Waals surface area contributed by atoms with E-state index in [2.05, 4.69) is 0 Å². The van der Waals surface area contributed by atoms with Crippen molar-refractivity contribution < 1.29 is 19.4 Å². The van der Waals surface area contributed by atoms with Crippen LogP contribution in [0.1, 0.15) is 30.9 Å². The first kappa shape index (κ1) is 15.0. The molecule has 0 bridgehead atoms. The summed E-state index contributed by atoms with van der Waals surface area (Å²) in [6.07, 6.45) is 4.37. The van der Waals surface area contributed by atoms with E-state index in [9.17, 15) is 9.59 Å². The summed E-state index contributed by atoms with van der Waals surface area (Å²) >= 11 is 0. The number of benzene rings is 1. The number of hydrogen-bond acceptors (Lipinski definition) is 3. The Morgan fingerprint density at radius 2 is 2.05 bits per heavy atom. The molecule has 4 heteroatoms. The number of carbonyl (C=O) groups excluding carboxylic acids is 1. The van der Waals surface area contributed by atoms with Crippen LogP contribution < -0.4 is 0 Å². The van der Waals surface area contributed by atoms with Crippen molar-refractivity contribution in [2.24, 2.45) is 0 Å². The fourth-order valence-electron chi connectivity index (χ4n) is 1.67. The lowest BCUT2D eigenvalue weighted by molar-refractivity contribution is -0.142. The van der Waals surface area contributed by atoms with Crippen LogP contribution in [-0.2, 0) is 20.7 Å². The summed E-state index contributed by atoms with van der Waals surface area (Å²) in [6, 6.07) is 7.56. The lowest BCUT2D eigenvalue weighted by Crippen LogP contribution is -2.01. The molecule has 4 nitrogen and oxygen atoms in total. The third-order valence-corrected chi connectivity index (χ3v) is 2.55. The first-order valence-corrected chi connectivity index (χ1v) is 6.25. The van der Waals surface area contributed by atoms with E-state index in [0.717, 1.165) is 11.1 Å². The second-order valence-corrected chi connectivity index (χ2v) is 4.00. The lowest BCUT2D eigenvalue weighted by atomic mass is 10.0. The molecule has 0 atom stereocenters. The van der Waals surface area contributed by atoms with Gasteiger partial charge in [0.25, 0.3) is 0 Å². The summed E-state index contributed by atoms with van der Waals surface area (Å²) < 4.78 is 4.82. The number of esters is 1. The van der Waals surface area contributed by atoms with Gasteiger partial charge in [-0.25, -0.2) is 0 Å². The zero-order valence-corrected chi connectivity index (χ0v) is 11.0. The van der Waals surface area contributed by atoms with E-state index in [4.69, 9.17) is 9.84 Å². The van der Waals surface area contributed by atoms with Gasteiger partial charge in [-0.15, -0.1) is 0 Å². The van der Waals surface area contributed by atoms with E-state index >= 15 is 0 Å². The summed E-state index contributed by atoms with van der Waals surface area (Å²) in [5, 5.41) is 8.69. The number of hydrogen-bond donors (Lipinski definition) is 1. The molecule has 1 N–H and O–H groups in total. The van der Waals surface area contributed by atoms with E-state index in [1.165, 1.54) is 0 Å². The van der Waals surface area contributed by atoms with Crippen molar-refractivity contribution in [3.8, 4) is 0 Å². The summed E-state index contributed by atoms with van der Waals surface area (Å²) in [6.45, 7) is 2.14. The summed E-state index contributed by atoms with van der Waals surface area (Å²) in [4.78, 5) is 21.8. The van der Waals surface area contributed by atoms with Crippen molar-refractivity contribution in [1.29, 1.82) is 0 Å². The molecule has 0 fully saturated rings. The zero-order chi connectivity index (χ0) is 14.1. The normalized spacial score (nSPS) is 10.6. The third-order valence-electron chi connectivity index (χ3n) is 2.55. The Labute approximate surface area is 112 Å². The van der Waals surface area contributed by atoms with Gasteiger partial charge < -0.3 is 9.84 Å². The number of carboxylic acids is 1. The second kappa shape index (κ2) is 8.08. The van der Waals surface area contributed by atoms with Crippen LogP contribution in [0.5, 0.6) is 0 Å². The Morgan fingerprint density at radius 1 is 1.32 bits per heavy atom. The average molecular weight is 262 g/mol. The highest BCUT2D eigenvalue weighted by Gasteiger charge is 2.03. The van der Waals surface area contributed by atoms with Gasteiger partial charge in [0.15, 0.2) is 0 Å². The molecule has 0 aromatic heterocycles. The summed E-state index contributed by atoms with van der Waals surface area (Å²) in [5.74, 6) is -1.08. The fraction of sp³-hybridized carbons (Fsp3) is 0.333. The lowest BCUT2D eigenvalue weighted by Gasteiger charge is -2.04. The smallest absolute Gasteiger partial charge is 0.309 e. The summed E-state index contributed by atoms with van der Waals surface area (Å²) in [7, 11) is 0. The predicted molar refractivity (Wildman–Crippen MR) is 72.7 cm³/mol. The van der Waals surface area contributed by atoms with E-state index in [-0.39, 0.29) is 18.8 Å². The number of ether oxygens (including phenoxy) is 1. The predicted octanol–water partition coefficient (Wildman–Crippen LogP) is 2.67. The molecule has 19 heavy (non-hydrogen) atoms. The quantitative estimate of drug-likeness (QED) is 0.767. The largest absolute Gasteiger partial charge is 0.481 e. The molecule has 0 aliphatic rings. The van der Waals surface area contributed by atoms with Crippen LogP contribution in [0.2, 0.25) is 0 Å². The first-order chi connectivity index (χ1) is 9.13. The minimum Gasteiger partial charge on any atom is -0.481 e. The number of rotatable bonds is 7. The van der Waals surface area contributed by atoms with E-state index < -0.39 is 5.97 Å². The Balaban J connectivity index is 2.64. The Morgan fingerprint density at radius 3 is 2.74 bits per heavy atom. The molecule has 0 amide bonds. The van der Waals surface area contributed by atoms with Gasteiger partial charge >= 0.3 is 11.9 Å². The molecule has 102 valence electrons. The van der Waals surface area contributed by atoms with Gasteiger partial charge in [-0.1, -0.05) is 36.4 Å². The van der Waals surface area contributed by atoms with Gasteiger partial charge in [-0.2, -0.15) is 0 Å². The molecule has 0 saturated carbocycles. The third kappa shape index (κ3) is 5.86. The molecule has 1 aromatic carbocycles. The highest BCUT2D eigenvalue weighted by molar-refractivity contribution is 5.73. The minimum atomic E-state index is -0.815. The van der Waals surface area contributed by atoms with Gasteiger partial charge in [0.05, 0.1) is 13.0 Å². The van der Waals surface area contributed by atoms with Crippen molar-refractivity contribution in [2.45, 2.75) is 26.2 Å². The monoisotopic (exact) mass is 262 g/mol. The van der Waals surface area contributed by atoms with E-state index in [1.807, 2.05) is 30.3 Å². The Kier molecular flexibility index (Phi) is 6.36. The average Bonchev–Trinajstić information content (AvgIpc) is 2.38. The molecular weight excluding hydrogens is 244 g/mol. The molecule has 0 unspecified atom stereocenters. The van der Waals surface area contributed by atoms with Crippen LogP contribution in [0.25, 0.3) is 6.08 Å². The van der Waals surface area contributed by atoms with Gasteiger partial charge in [-0.05, 0) is 24.5 Å². The van der Waals surface area contributed by atoms with Crippen LogP contribution in [0.3, 0.4) is 0 Å². The minimum absolute atomic E-state index is 0.0999. The highest BCUT2D eigenvalue weighted by atomic mass is 16.5. The fourth-order valence-corrected chi connectivity index (χ4v) is 1.67. The number of carboxylic acid groups (broad SMARTS) is 1. The SMILES string of the molecule is CCOC(=O)CC=Cc1ccccc1CCC(=O)O. The molecule has 1 aromatic rings. The topological polar surface area (TPSA) is 63.6 Å². The van der Waals surface area contributed by atoms with Crippen molar-refractivity contribution in [3.63, 3.8) is 0 Å². The molecule has 0 radical (unpaired) electrons. The molecule has 0 spiro atoms. The van der Waals surface area contributed by atoms with Gasteiger partial charge in [0.1, 0.15) is 0 Å². The molecule has 1 rings (SSSR count). The molecule has 0 aliphatic carbocycles. The zero-order valence-electron chi connectivity index (χ0n) is 11.0. The second-order valence-electron chi connectivity index (χ2n) is 4.00. The van der Waals surface area contributed by atoms with Gasteiger partial charge in [-0.3, -0.25) is 9.59 Å². The Hall–Kier alpha value is -2.10. The maximum atomic E-state index is 11.2. The number of aliphatic carboxylic acids is 1. The Bertz CT molecular complexity index is 463. The van der Waals surface area contributed by atoms with Crippen molar-refractivity contribution in [3.05, 3.63) is 41.5 Å².